The van der Waals surface area contributed by atoms with E-state index < -0.39 is 4.92 Å². The Morgan fingerprint density at radius 3 is 2.95 bits per heavy atom. The summed E-state index contributed by atoms with van der Waals surface area (Å²) in [6.07, 6.45) is 2.00. The molecule has 1 aromatic carbocycles. The number of para-hydroxylation sites is 2. The predicted molar refractivity (Wildman–Crippen MR) is 80.4 cm³/mol. The largest absolute Gasteiger partial charge is 0.486 e. The van der Waals surface area contributed by atoms with Crippen molar-refractivity contribution in [3.05, 3.63) is 44.9 Å². The van der Waals surface area contributed by atoms with Gasteiger partial charge in [-0.1, -0.05) is 23.9 Å². The molecule has 1 heterocycles. The normalized spacial score (nSPS) is 14.0. The molecule has 0 saturated heterocycles. The fourth-order valence-electron chi connectivity index (χ4n) is 2.06. The molecule has 0 atom stereocenters. The number of nitro groups is 1. The summed E-state index contributed by atoms with van der Waals surface area (Å²) in [7, 11) is 0. The highest BCUT2D eigenvalue weighted by Crippen LogP contribution is 2.36. The average Bonchev–Trinajstić information content (AvgIpc) is 3.27. The maximum absolute atomic E-state index is 11.6. The third-order valence-electron chi connectivity index (χ3n) is 3.22. The minimum Gasteiger partial charge on any atom is -0.486 e. The van der Waals surface area contributed by atoms with Crippen molar-refractivity contribution in [2.45, 2.75) is 24.0 Å². The Morgan fingerprint density at radius 2 is 2.23 bits per heavy atom. The zero-order valence-electron chi connectivity index (χ0n) is 11.6. The van der Waals surface area contributed by atoms with Gasteiger partial charge in [-0.2, -0.15) is 0 Å². The van der Waals surface area contributed by atoms with Gasteiger partial charge in [-0.05, 0) is 18.9 Å². The van der Waals surface area contributed by atoms with E-state index >= 15 is 0 Å². The number of nitro benzene ring substituents is 1. The van der Waals surface area contributed by atoms with Crippen LogP contribution in [0.5, 0.6) is 5.75 Å². The fraction of sp³-hybridized carbons (Fsp3) is 0.385. The van der Waals surface area contributed by atoms with E-state index in [9.17, 15) is 14.9 Å². The summed E-state index contributed by atoms with van der Waals surface area (Å²) in [6.45, 7) is 0.293. The van der Waals surface area contributed by atoms with E-state index in [0.717, 1.165) is 12.8 Å². The van der Waals surface area contributed by atoms with Gasteiger partial charge >= 0.3 is 11.4 Å². The highest BCUT2D eigenvalue weighted by atomic mass is 32.2. The highest BCUT2D eigenvalue weighted by Gasteiger charge is 2.28. The van der Waals surface area contributed by atoms with Crippen LogP contribution in [0.1, 0.15) is 18.9 Å². The minimum atomic E-state index is -0.471. The van der Waals surface area contributed by atoms with E-state index in [-0.39, 0.29) is 23.2 Å². The Labute approximate surface area is 129 Å². The Balaban J connectivity index is 1.56. The second-order valence-electron chi connectivity index (χ2n) is 4.83. The van der Waals surface area contributed by atoms with Crippen molar-refractivity contribution in [2.24, 2.45) is 0 Å². The van der Waals surface area contributed by atoms with Gasteiger partial charge in [0, 0.05) is 17.9 Å². The van der Waals surface area contributed by atoms with Crippen LogP contribution < -0.4 is 10.4 Å². The summed E-state index contributed by atoms with van der Waals surface area (Å²) < 4.78 is 7.12. The van der Waals surface area contributed by atoms with Gasteiger partial charge in [-0.15, -0.1) is 5.10 Å². The molecule has 0 unspecified atom stereocenters. The fourth-order valence-corrected chi connectivity index (χ4v) is 2.89. The first-order chi connectivity index (χ1) is 10.7. The van der Waals surface area contributed by atoms with Crippen molar-refractivity contribution in [3.8, 4) is 5.75 Å². The highest BCUT2D eigenvalue weighted by molar-refractivity contribution is 7.99. The quantitative estimate of drug-likeness (QED) is 0.362. The first kappa shape index (κ1) is 14.6. The summed E-state index contributed by atoms with van der Waals surface area (Å²) in [4.78, 5) is 22.0. The van der Waals surface area contributed by atoms with E-state index in [2.05, 4.69) is 10.2 Å². The number of hydrogen-bond donors (Lipinski definition) is 1. The zero-order chi connectivity index (χ0) is 15.5. The van der Waals surface area contributed by atoms with Gasteiger partial charge in [0.15, 0.2) is 10.9 Å². The number of ether oxygens (including phenoxy) is 1. The molecule has 1 aliphatic rings. The molecule has 2 aromatic rings. The van der Waals surface area contributed by atoms with Crippen LogP contribution in [0.4, 0.5) is 5.69 Å². The Kier molecular flexibility index (Phi) is 4.14. The van der Waals surface area contributed by atoms with E-state index in [1.54, 1.807) is 22.8 Å². The zero-order valence-corrected chi connectivity index (χ0v) is 12.4. The summed E-state index contributed by atoms with van der Waals surface area (Å²) in [5.74, 6) is 0.790. The van der Waals surface area contributed by atoms with E-state index in [1.165, 1.54) is 17.8 Å². The molecule has 1 fully saturated rings. The van der Waals surface area contributed by atoms with Gasteiger partial charge in [0.25, 0.3) is 0 Å². The number of rotatable bonds is 7. The maximum Gasteiger partial charge on any atom is 0.344 e. The summed E-state index contributed by atoms with van der Waals surface area (Å²) in [5, 5.41) is 18.0. The molecule has 1 N–H and O–H groups in total. The Morgan fingerprint density at radius 1 is 1.45 bits per heavy atom. The van der Waals surface area contributed by atoms with Crippen molar-refractivity contribution >= 4 is 17.4 Å². The molecule has 0 aliphatic heterocycles. The third kappa shape index (κ3) is 3.14. The van der Waals surface area contributed by atoms with Gasteiger partial charge in [-0.3, -0.25) is 14.7 Å². The molecular weight excluding hydrogens is 308 g/mol. The van der Waals surface area contributed by atoms with Gasteiger partial charge in [-0.25, -0.2) is 9.89 Å². The molecule has 0 radical (unpaired) electrons. The molecule has 0 amide bonds. The van der Waals surface area contributed by atoms with Crippen LogP contribution >= 0.6 is 11.8 Å². The van der Waals surface area contributed by atoms with Crippen LogP contribution in [0.3, 0.4) is 0 Å². The van der Waals surface area contributed by atoms with E-state index in [0.29, 0.717) is 17.5 Å². The number of thioether (sulfide) groups is 1. The molecule has 8 nitrogen and oxygen atoms in total. The molecule has 116 valence electrons. The number of H-pyrrole nitrogens is 1. The maximum atomic E-state index is 11.6. The van der Waals surface area contributed by atoms with Crippen molar-refractivity contribution in [1.29, 1.82) is 0 Å². The monoisotopic (exact) mass is 322 g/mol. The van der Waals surface area contributed by atoms with E-state index in [1.807, 2.05) is 0 Å². The lowest BCUT2D eigenvalue weighted by Gasteiger charge is -2.06. The Hall–Kier alpha value is -2.29. The molecule has 3 rings (SSSR count). The smallest absolute Gasteiger partial charge is 0.344 e. The van der Waals surface area contributed by atoms with Crippen molar-refractivity contribution in [3.63, 3.8) is 0 Å². The van der Waals surface area contributed by atoms with Gasteiger partial charge in [0.2, 0.25) is 0 Å². The van der Waals surface area contributed by atoms with E-state index in [4.69, 9.17) is 4.74 Å². The van der Waals surface area contributed by atoms with Crippen LogP contribution in [0.15, 0.2) is 34.2 Å². The summed E-state index contributed by atoms with van der Waals surface area (Å²) in [5.41, 5.74) is -0.244. The lowest BCUT2D eigenvalue weighted by atomic mass is 10.3. The molecule has 0 spiro atoms. The van der Waals surface area contributed by atoms with Gasteiger partial charge in [0.1, 0.15) is 0 Å². The molecule has 1 aromatic heterocycles. The number of nitrogens with zero attached hydrogens (tertiary/aromatic N) is 3. The molecular formula is C13H14N4O4S. The molecule has 1 saturated carbocycles. The standard InChI is InChI=1S/C13H14N4O4S/c18-12-14-15-13(16(12)9-5-6-9)22-8-7-21-11-4-2-1-3-10(11)17(19)20/h1-4,9H,5-8H2,(H,14,18). The van der Waals surface area contributed by atoms with Crippen LogP contribution in [0.2, 0.25) is 0 Å². The first-order valence-electron chi connectivity index (χ1n) is 6.82. The topological polar surface area (TPSA) is 103 Å². The first-order valence-corrected chi connectivity index (χ1v) is 7.81. The minimum absolute atomic E-state index is 0.0536. The van der Waals surface area contributed by atoms with Gasteiger partial charge in [0.05, 0.1) is 11.5 Å². The SMILES string of the molecule is O=c1[nH]nc(SCCOc2ccccc2[N+](=O)[O-])n1C1CC1. The molecule has 22 heavy (non-hydrogen) atoms. The lowest BCUT2D eigenvalue weighted by molar-refractivity contribution is -0.385. The molecule has 1 aliphatic carbocycles. The van der Waals surface area contributed by atoms with Crippen molar-refractivity contribution < 1.29 is 9.66 Å². The number of aromatic nitrogens is 3. The molecule has 9 heteroatoms. The summed E-state index contributed by atoms with van der Waals surface area (Å²) in [6, 6.07) is 6.51. The number of benzene rings is 1. The van der Waals surface area contributed by atoms with Crippen LogP contribution in [0.25, 0.3) is 0 Å². The van der Waals surface area contributed by atoms with Crippen LogP contribution in [-0.2, 0) is 0 Å². The second-order valence-corrected chi connectivity index (χ2v) is 5.90. The predicted octanol–water partition coefficient (Wildman–Crippen LogP) is 1.99. The second kappa shape index (κ2) is 6.22. The number of nitrogens with one attached hydrogen (secondary N) is 1. The number of aromatic amines is 1. The third-order valence-corrected chi connectivity index (χ3v) is 4.14. The lowest BCUT2D eigenvalue weighted by Crippen LogP contribution is -2.16. The summed E-state index contributed by atoms with van der Waals surface area (Å²) >= 11 is 1.40. The van der Waals surface area contributed by atoms with Crippen molar-refractivity contribution in [2.75, 3.05) is 12.4 Å². The van der Waals surface area contributed by atoms with Crippen LogP contribution in [-0.4, -0.2) is 32.0 Å². The average molecular weight is 322 g/mol. The van der Waals surface area contributed by atoms with Crippen LogP contribution in [0, 0.1) is 10.1 Å². The number of hydrogen-bond acceptors (Lipinski definition) is 6. The van der Waals surface area contributed by atoms with Gasteiger partial charge < -0.3 is 4.74 Å². The molecule has 0 bridgehead atoms. The van der Waals surface area contributed by atoms with Crippen molar-refractivity contribution in [1.82, 2.24) is 14.8 Å². The Bertz CT molecular complexity index is 738.